The van der Waals surface area contributed by atoms with Gasteiger partial charge in [-0.2, -0.15) is 0 Å². The van der Waals surface area contributed by atoms with Crippen molar-refractivity contribution in [2.75, 3.05) is 0 Å². The molecule has 0 fully saturated rings. The van der Waals surface area contributed by atoms with E-state index in [9.17, 15) is 10.4 Å². The number of hydrogen-bond acceptors (Lipinski definition) is 2. The second-order valence-corrected chi connectivity index (χ2v) is 4.83. The van der Waals surface area contributed by atoms with Crippen molar-refractivity contribution >= 4 is 12.4 Å². The Morgan fingerprint density at radius 3 is 1.28 bits per heavy atom. The molecule has 1 aromatic rings. The molecule has 0 saturated heterocycles. The molecule has 0 aliphatic rings. The summed E-state index contributed by atoms with van der Waals surface area (Å²) in [5.74, 6) is 0. The predicted octanol–water partition coefficient (Wildman–Crippen LogP) is 2.36. The topological polar surface area (TPSA) is 52.1 Å². The van der Waals surface area contributed by atoms with Crippen molar-refractivity contribution in [2.24, 2.45) is 0 Å². The minimum absolute atomic E-state index is 0.0747. The van der Waals surface area contributed by atoms with Gasteiger partial charge in [0.2, 0.25) is 0 Å². The summed E-state index contributed by atoms with van der Waals surface area (Å²) in [5.41, 5.74) is 1.66. The van der Waals surface area contributed by atoms with Gasteiger partial charge in [-0.15, -0.1) is 0 Å². The van der Waals surface area contributed by atoms with Crippen LogP contribution in [0.1, 0.15) is 38.8 Å². The summed E-state index contributed by atoms with van der Waals surface area (Å²) >= 11 is 0. The molecule has 4 nitrogen and oxygen atoms in total. The molecular weight excluding hydrogens is 228 g/mol. The van der Waals surface area contributed by atoms with Crippen molar-refractivity contribution < 1.29 is 9.48 Å². The number of hydrogen-bond donors (Lipinski definition) is 0. The Morgan fingerprint density at radius 1 is 0.778 bits per heavy atom. The minimum atomic E-state index is -0.0747. The van der Waals surface area contributed by atoms with Crippen LogP contribution < -0.4 is 0 Å². The van der Waals surface area contributed by atoms with Crippen molar-refractivity contribution in [2.45, 2.75) is 39.8 Å². The Bertz CT molecular complexity index is 402. The van der Waals surface area contributed by atoms with Crippen molar-refractivity contribution in [1.29, 1.82) is 0 Å². The van der Waals surface area contributed by atoms with E-state index < -0.39 is 0 Å². The van der Waals surface area contributed by atoms with Crippen LogP contribution in [-0.4, -0.2) is 34.0 Å². The monoisotopic (exact) mass is 248 g/mol. The van der Waals surface area contributed by atoms with Crippen LogP contribution >= 0.6 is 0 Å². The first-order valence-electron chi connectivity index (χ1n) is 6.11. The van der Waals surface area contributed by atoms with E-state index in [0.29, 0.717) is 0 Å². The van der Waals surface area contributed by atoms with Crippen LogP contribution in [0.4, 0.5) is 0 Å². The first-order chi connectivity index (χ1) is 8.40. The molecule has 0 aliphatic carbocycles. The maximum atomic E-state index is 11.5. The zero-order chi connectivity index (χ0) is 13.7. The van der Waals surface area contributed by atoms with Gasteiger partial charge in [0.05, 0.1) is 0 Å². The van der Waals surface area contributed by atoms with Crippen LogP contribution in [0, 0.1) is 10.4 Å². The fourth-order valence-corrected chi connectivity index (χ4v) is 1.26. The highest BCUT2D eigenvalue weighted by Gasteiger charge is 2.03. The molecule has 0 radical (unpaired) electrons. The van der Waals surface area contributed by atoms with Gasteiger partial charge in [-0.05, 0) is 52.0 Å². The summed E-state index contributed by atoms with van der Waals surface area (Å²) in [5, 5.41) is 22.9. The highest BCUT2D eigenvalue weighted by molar-refractivity contribution is 5.80. The van der Waals surface area contributed by atoms with E-state index >= 15 is 0 Å². The Morgan fingerprint density at radius 2 is 1.06 bits per heavy atom. The molecule has 1 rings (SSSR count). The zero-order valence-electron chi connectivity index (χ0n) is 11.3. The fraction of sp³-hybridized carbons (Fsp3) is 0.429. The lowest BCUT2D eigenvalue weighted by Crippen LogP contribution is -2.15. The van der Waals surface area contributed by atoms with Crippen LogP contribution in [0.5, 0.6) is 0 Å². The third-order valence-corrected chi connectivity index (χ3v) is 2.51. The van der Waals surface area contributed by atoms with Gasteiger partial charge < -0.3 is 10.4 Å². The number of benzene rings is 1. The molecule has 0 bridgehead atoms. The van der Waals surface area contributed by atoms with Gasteiger partial charge in [-0.3, -0.25) is 0 Å². The smallest absolute Gasteiger partial charge is 0.182 e. The quantitative estimate of drug-likeness (QED) is 0.355. The molecular formula is C14H20N2O2. The van der Waals surface area contributed by atoms with E-state index in [-0.39, 0.29) is 12.1 Å². The molecule has 0 aliphatic heterocycles. The molecule has 0 heterocycles. The molecule has 18 heavy (non-hydrogen) atoms. The first-order valence-corrected chi connectivity index (χ1v) is 6.11. The number of hydroxylamine groups is 2. The standard InChI is InChI=1S/C14H20N2O2/c1-11(2)15(17)9-13-5-7-14(8-6-13)10-16(18)12(3)4/h5-12H,1-4H3/b15-9-,16-10-. The maximum Gasteiger partial charge on any atom is 0.182 e. The van der Waals surface area contributed by atoms with Crippen molar-refractivity contribution in [3.63, 3.8) is 0 Å². The van der Waals surface area contributed by atoms with Gasteiger partial charge in [0.1, 0.15) is 0 Å². The summed E-state index contributed by atoms with van der Waals surface area (Å²) in [6, 6.07) is 7.16. The molecule has 0 unspecified atom stereocenters. The number of nitrogens with zero attached hydrogens (tertiary/aromatic N) is 2. The van der Waals surface area contributed by atoms with E-state index in [1.54, 1.807) is 12.4 Å². The zero-order valence-corrected chi connectivity index (χ0v) is 11.3. The molecule has 0 aromatic heterocycles. The first kappa shape index (κ1) is 14.2. The van der Waals surface area contributed by atoms with E-state index in [2.05, 4.69) is 0 Å². The van der Waals surface area contributed by atoms with Gasteiger partial charge >= 0.3 is 0 Å². The fourth-order valence-electron chi connectivity index (χ4n) is 1.26. The Kier molecular flexibility index (Phi) is 4.89. The van der Waals surface area contributed by atoms with Crippen LogP contribution in [-0.2, 0) is 0 Å². The maximum absolute atomic E-state index is 11.5. The third-order valence-electron chi connectivity index (χ3n) is 2.51. The van der Waals surface area contributed by atoms with Gasteiger partial charge in [-0.1, -0.05) is 0 Å². The third kappa shape index (κ3) is 4.20. The summed E-state index contributed by atoms with van der Waals surface area (Å²) < 4.78 is 1.82. The molecule has 0 amide bonds. The highest BCUT2D eigenvalue weighted by Crippen LogP contribution is 2.01. The average Bonchev–Trinajstić information content (AvgIpc) is 2.31. The normalized spacial score (nSPS) is 13.4. The van der Waals surface area contributed by atoms with E-state index in [0.717, 1.165) is 20.6 Å². The van der Waals surface area contributed by atoms with Crippen LogP contribution in [0.15, 0.2) is 24.3 Å². The lowest BCUT2D eigenvalue weighted by Gasteiger charge is -2.08. The summed E-state index contributed by atoms with van der Waals surface area (Å²) in [6.45, 7) is 7.35. The summed E-state index contributed by atoms with van der Waals surface area (Å²) in [4.78, 5) is 0. The molecule has 0 spiro atoms. The molecule has 0 atom stereocenters. The molecule has 0 N–H and O–H groups in total. The van der Waals surface area contributed by atoms with Crippen molar-refractivity contribution in [3.8, 4) is 0 Å². The van der Waals surface area contributed by atoms with Gasteiger partial charge in [-0.25, -0.2) is 9.48 Å². The Balaban J connectivity index is 2.87. The highest BCUT2D eigenvalue weighted by atomic mass is 16.5. The molecule has 98 valence electrons. The molecule has 1 aromatic carbocycles. The van der Waals surface area contributed by atoms with Crippen LogP contribution in [0.2, 0.25) is 0 Å². The lowest BCUT2D eigenvalue weighted by atomic mass is 10.1. The van der Waals surface area contributed by atoms with Gasteiger partial charge in [0.25, 0.3) is 0 Å². The predicted molar refractivity (Wildman–Crippen MR) is 74.3 cm³/mol. The van der Waals surface area contributed by atoms with Crippen LogP contribution in [0.25, 0.3) is 0 Å². The Labute approximate surface area is 108 Å². The minimum Gasteiger partial charge on any atom is -0.624 e. The van der Waals surface area contributed by atoms with Crippen molar-refractivity contribution in [1.82, 2.24) is 0 Å². The average molecular weight is 248 g/mol. The molecule has 0 saturated carbocycles. The van der Waals surface area contributed by atoms with E-state index in [4.69, 9.17) is 0 Å². The second kappa shape index (κ2) is 6.19. The largest absolute Gasteiger partial charge is 0.624 e. The summed E-state index contributed by atoms with van der Waals surface area (Å²) in [7, 11) is 0. The van der Waals surface area contributed by atoms with E-state index in [1.807, 2.05) is 52.0 Å². The molecule has 4 heteroatoms. The SMILES string of the molecule is CC(C)/[N+]([O-])=C/c1ccc(/C=[N+](\[O-])C(C)C)cc1. The second-order valence-electron chi connectivity index (χ2n) is 4.83. The van der Waals surface area contributed by atoms with Gasteiger partial charge in [0, 0.05) is 11.1 Å². The Hall–Kier alpha value is -1.84. The lowest BCUT2D eigenvalue weighted by molar-refractivity contribution is -0.487. The summed E-state index contributed by atoms with van der Waals surface area (Å²) in [6.07, 6.45) is 3.09. The van der Waals surface area contributed by atoms with Gasteiger partial charge in [0.15, 0.2) is 24.5 Å². The number of rotatable bonds is 4. The van der Waals surface area contributed by atoms with Crippen LogP contribution in [0.3, 0.4) is 0 Å². The van der Waals surface area contributed by atoms with E-state index in [1.165, 1.54) is 0 Å². The van der Waals surface area contributed by atoms with Crippen molar-refractivity contribution in [3.05, 3.63) is 45.8 Å².